The first-order valence-electron chi connectivity index (χ1n) is 2.23. The molecule has 0 aromatic rings. The van der Waals surface area contributed by atoms with Crippen molar-refractivity contribution in [2.75, 3.05) is 5.75 Å². The van der Waals surface area contributed by atoms with Crippen molar-refractivity contribution in [1.82, 2.24) is 0 Å². The molecule has 0 aromatic heterocycles. The Labute approximate surface area is 120 Å². The third kappa shape index (κ3) is 16.0. The monoisotopic (exact) mass is 231 g/mol. The van der Waals surface area contributed by atoms with Crippen LogP contribution < -0.4 is 70.0 Å². The van der Waals surface area contributed by atoms with Crippen molar-refractivity contribution in [3.63, 3.8) is 0 Å². The Morgan fingerprint density at radius 1 is 1.38 bits per heavy atom. The van der Waals surface area contributed by atoms with E-state index in [0.29, 0.717) is 0 Å². The number of hydrogen-bond donors (Lipinski definition) is 1. The second kappa shape index (κ2) is 9.84. The predicted octanol–water partition coefficient (Wildman–Crippen LogP) is -10.2. The number of aliphatic carboxylic acids is 1. The van der Waals surface area contributed by atoms with Crippen LogP contribution in [0.2, 0.25) is 0 Å². The number of rotatable bonds is 3. The van der Waals surface area contributed by atoms with Crippen LogP contribution in [-0.2, 0) is 14.9 Å². The molecule has 0 unspecified atom stereocenters. The van der Waals surface area contributed by atoms with E-state index in [9.17, 15) is 22.9 Å². The molecule has 0 saturated heterocycles. The van der Waals surface area contributed by atoms with E-state index in [0.717, 1.165) is 0 Å². The number of carbonyl (C=O) groups is 1. The minimum Gasteiger partial charge on any atom is -0.748 e. The van der Waals surface area contributed by atoms with Crippen LogP contribution in [0.4, 0.5) is 0 Å². The van der Waals surface area contributed by atoms with E-state index in [1.54, 1.807) is 0 Å². The number of nitrogens with two attached hydrogens (primary N) is 1. The summed E-state index contributed by atoms with van der Waals surface area (Å²) in [4.78, 5) is 9.74. The molecule has 0 saturated carbocycles. The maximum Gasteiger partial charge on any atom is 1.00 e. The summed E-state index contributed by atoms with van der Waals surface area (Å²) in [5, 5.41) is 9.74. The molecule has 0 aromatic carbocycles. The molecule has 0 amide bonds. The van der Waals surface area contributed by atoms with Crippen LogP contribution in [0.1, 0.15) is 0 Å². The topological polar surface area (TPSA) is 155 Å². The van der Waals surface area contributed by atoms with E-state index in [1.165, 1.54) is 0 Å². The average Bonchev–Trinajstić information content (AvgIpc) is 1.60. The summed E-state index contributed by atoms with van der Waals surface area (Å²) in [7, 11) is -4.56. The van der Waals surface area contributed by atoms with Gasteiger partial charge in [0.05, 0.1) is 27.9 Å². The van der Waals surface area contributed by atoms with Gasteiger partial charge in [0.2, 0.25) is 0 Å². The van der Waals surface area contributed by atoms with Crippen LogP contribution in [0.15, 0.2) is 0 Å². The summed E-state index contributed by atoms with van der Waals surface area (Å²) >= 11 is 0. The van der Waals surface area contributed by atoms with Gasteiger partial charge in [-0.3, -0.25) is 0 Å². The minimum absolute atomic E-state index is 0. The van der Waals surface area contributed by atoms with Crippen molar-refractivity contribution in [2.24, 2.45) is 5.73 Å². The third-order valence-electron chi connectivity index (χ3n) is 0.686. The fourth-order valence-corrected chi connectivity index (χ4v) is 0.864. The Morgan fingerprint density at radius 3 is 1.77 bits per heavy atom. The molecule has 68 valence electrons. The Morgan fingerprint density at radius 2 is 1.69 bits per heavy atom. The van der Waals surface area contributed by atoms with Gasteiger partial charge in [-0.05, 0) is 0 Å². The Hall–Kier alpha value is 1.30. The standard InChI is InChI=1S/C3H7NO5S.2Na.H2O/c4-2(3(5)6)1-10(7,8)9;;;/h2H,1,4H2,(H,5,6)(H,7,8,9);;;1H2/q;2*+1;/p-2/t2-;;;/m0.../s1. The maximum atomic E-state index is 9.82. The third-order valence-corrected chi connectivity index (χ3v) is 1.45. The van der Waals surface area contributed by atoms with Crippen molar-refractivity contribution >= 4 is 16.1 Å². The molecular formula is C3H7NNa2O6S. The Balaban J connectivity index is -0.000000135. The fourth-order valence-electron chi connectivity index (χ4n) is 0.288. The molecule has 0 fully saturated rings. The van der Waals surface area contributed by atoms with Crippen LogP contribution in [0.5, 0.6) is 0 Å². The molecule has 13 heavy (non-hydrogen) atoms. The number of carbonyl (C=O) groups excluding carboxylic acids is 1. The second-order valence-corrected chi connectivity index (χ2v) is 3.10. The van der Waals surface area contributed by atoms with Gasteiger partial charge in [-0.1, -0.05) is 0 Å². The Bertz CT molecular complexity index is 228. The summed E-state index contributed by atoms with van der Waals surface area (Å²) in [5.41, 5.74) is 4.66. The molecular weight excluding hydrogens is 224 g/mol. The van der Waals surface area contributed by atoms with Crippen LogP contribution in [0.3, 0.4) is 0 Å². The van der Waals surface area contributed by atoms with Crippen LogP contribution in [0, 0.1) is 0 Å². The van der Waals surface area contributed by atoms with Crippen LogP contribution in [-0.4, -0.2) is 36.2 Å². The van der Waals surface area contributed by atoms with Crippen molar-refractivity contribution in [3.05, 3.63) is 0 Å². The fraction of sp³-hybridized carbons (Fsp3) is 0.667. The van der Waals surface area contributed by atoms with Gasteiger partial charge in [-0.25, -0.2) is 8.42 Å². The largest absolute Gasteiger partial charge is 1.00 e. The van der Waals surface area contributed by atoms with E-state index < -0.39 is 27.9 Å². The summed E-state index contributed by atoms with van der Waals surface area (Å²) in [5.74, 6) is -2.88. The molecule has 10 heteroatoms. The second-order valence-electron chi connectivity index (χ2n) is 1.65. The van der Waals surface area contributed by atoms with Gasteiger partial charge in [-0.2, -0.15) is 0 Å². The zero-order chi connectivity index (χ0) is 8.36. The normalized spacial score (nSPS) is 11.2. The van der Waals surface area contributed by atoms with Crippen molar-refractivity contribution in [3.8, 4) is 0 Å². The van der Waals surface area contributed by atoms with Gasteiger partial charge < -0.3 is 25.7 Å². The first kappa shape index (κ1) is 23.8. The molecule has 0 aliphatic rings. The predicted molar refractivity (Wildman–Crippen MR) is 31.2 cm³/mol. The van der Waals surface area contributed by atoms with E-state index in [1.807, 2.05) is 0 Å². The SMILES string of the molecule is N[C@@H](CS(=O)(=O)[O-])C(=O)[O-].O.[Na+].[Na+]. The number of carboxylic acid groups (broad SMARTS) is 1. The molecule has 0 heterocycles. The van der Waals surface area contributed by atoms with Gasteiger partial charge >= 0.3 is 59.1 Å². The van der Waals surface area contributed by atoms with Crippen molar-refractivity contribution in [1.29, 1.82) is 0 Å². The smallest absolute Gasteiger partial charge is 0.748 e. The molecule has 4 N–H and O–H groups in total. The van der Waals surface area contributed by atoms with E-state index >= 15 is 0 Å². The van der Waals surface area contributed by atoms with Gasteiger partial charge in [0.15, 0.2) is 0 Å². The van der Waals surface area contributed by atoms with E-state index in [-0.39, 0.29) is 64.6 Å². The maximum absolute atomic E-state index is 9.82. The summed E-state index contributed by atoms with van der Waals surface area (Å²) in [6.45, 7) is 0. The molecule has 0 bridgehead atoms. The summed E-state index contributed by atoms with van der Waals surface area (Å²) < 4.78 is 29.5. The zero-order valence-electron chi connectivity index (χ0n) is 7.31. The molecule has 0 spiro atoms. The van der Waals surface area contributed by atoms with Gasteiger partial charge in [0.1, 0.15) is 0 Å². The molecule has 0 aliphatic carbocycles. The Kier molecular flexibility index (Phi) is 18.0. The molecule has 0 aliphatic heterocycles. The number of carboxylic acids is 1. The van der Waals surface area contributed by atoms with Crippen LogP contribution in [0.25, 0.3) is 0 Å². The van der Waals surface area contributed by atoms with Gasteiger partial charge in [0, 0.05) is 0 Å². The quantitative estimate of drug-likeness (QED) is 0.375. The first-order chi connectivity index (χ1) is 4.33. The summed E-state index contributed by atoms with van der Waals surface area (Å²) in [6.07, 6.45) is 0. The minimum atomic E-state index is -4.56. The van der Waals surface area contributed by atoms with Gasteiger partial charge in [-0.15, -0.1) is 0 Å². The zero-order valence-corrected chi connectivity index (χ0v) is 12.1. The first-order valence-corrected chi connectivity index (χ1v) is 3.80. The van der Waals surface area contributed by atoms with E-state index in [2.05, 4.69) is 5.73 Å². The molecule has 7 nitrogen and oxygen atoms in total. The number of hydrogen-bond acceptors (Lipinski definition) is 6. The van der Waals surface area contributed by atoms with Crippen molar-refractivity contribution in [2.45, 2.75) is 6.04 Å². The van der Waals surface area contributed by atoms with Crippen LogP contribution >= 0.6 is 0 Å². The molecule has 0 radical (unpaired) electrons. The van der Waals surface area contributed by atoms with Crippen molar-refractivity contribution < 1.29 is 87.5 Å². The molecule has 0 rings (SSSR count). The average molecular weight is 231 g/mol. The molecule has 1 atom stereocenters. The van der Waals surface area contributed by atoms with Gasteiger partial charge in [0.25, 0.3) is 0 Å². The summed E-state index contributed by atoms with van der Waals surface area (Å²) in [6, 6.07) is -1.73. The van der Waals surface area contributed by atoms with E-state index in [4.69, 9.17) is 0 Å².